The molecule has 0 bridgehead atoms. The average molecular weight is 412 g/mol. The van der Waals surface area contributed by atoms with Crippen LogP contribution in [0, 0.1) is 11.3 Å². The van der Waals surface area contributed by atoms with Crippen LogP contribution in [0.15, 0.2) is 72.8 Å². The quantitative estimate of drug-likeness (QED) is 0.644. The number of anilines is 2. The Morgan fingerprint density at radius 2 is 1.52 bits per heavy atom. The number of benzene rings is 3. The molecule has 4 rings (SSSR count). The first-order chi connectivity index (χ1) is 15.0. The lowest BCUT2D eigenvalue weighted by Crippen LogP contribution is -2.44. The number of hydrogen-bond donors (Lipinski definition) is 1. The third kappa shape index (κ3) is 3.67. The van der Waals surface area contributed by atoms with Crippen LogP contribution in [0.25, 0.3) is 0 Å². The molecule has 1 aliphatic rings. The summed E-state index contributed by atoms with van der Waals surface area (Å²) in [6.07, 6.45) is 1.80. The van der Waals surface area contributed by atoms with Gasteiger partial charge in [0.25, 0.3) is 0 Å². The third-order valence-corrected chi connectivity index (χ3v) is 5.88. The van der Waals surface area contributed by atoms with Crippen molar-refractivity contribution in [2.75, 3.05) is 16.3 Å². The second-order valence-corrected chi connectivity index (χ2v) is 7.75. The van der Waals surface area contributed by atoms with Crippen LogP contribution < -0.4 is 9.80 Å². The van der Waals surface area contributed by atoms with Crippen molar-refractivity contribution in [1.82, 2.24) is 0 Å². The maximum absolute atomic E-state index is 13.6. The number of nitrogens with zero attached hydrogens (tertiary/aromatic N) is 3. The van der Waals surface area contributed by atoms with Crippen LogP contribution >= 0.6 is 0 Å². The van der Waals surface area contributed by atoms with Gasteiger partial charge >= 0.3 is 6.03 Å². The second kappa shape index (κ2) is 8.25. The highest BCUT2D eigenvalue weighted by atomic mass is 16.3. The predicted molar refractivity (Wildman–Crippen MR) is 122 cm³/mol. The number of aliphatic hydroxyl groups is 1. The van der Waals surface area contributed by atoms with Crippen LogP contribution in [0.4, 0.5) is 16.2 Å². The Morgan fingerprint density at radius 1 is 0.935 bits per heavy atom. The van der Waals surface area contributed by atoms with Crippen molar-refractivity contribution >= 4 is 17.4 Å². The Hall–Kier alpha value is -3.62. The Balaban J connectivity index is 1.82. The van der Waals surface area contributed by atoms with E-state index in [2.05, 4.69) is 19.9 Å². The molecule has 156 valence electrons. The molecule has 1 aliphatic heterocycles. The number of rotatable bonds is 5. The molecule has 0 aromatic heterocycles. The number of β-amino-alcohol motifs (C(OH)–C–C–N with tert-alkyl or cyclic N) is 1. The number of amides is 2. The SMILES string of the molecule is CCc1ccc(N2CC(O)(c3cccc(C#N)c3)N(c3ccc(CC)cc3)C2=O)cc1. The summed E-state index contributed by atoms with van der Waals surface area (Å²) in [6.45, 7) is 4.21. The minimum atomic E-state index is -1.61. The number of nitriles is 1. The van der Waals surface area contributed by atoms with Crippen LogP contribution in [0.2, 0.25) is 0 Å². The molecule has 1 N–H and O–H groups in total. The zero-order valence-electron chi connectivity index (χ0n) is 17.7. The molecular formula is C26H25N3O2. The second-order valence-electron chi connectivity index (χ2n) is 7.75. The first-order valence-corrected chi connectivity index (χ1v) is 10.5. The lowest BCUT2D eigenvalue weighted by molar-refractivity contribution is 0.0655. The summed E-state index contributed by atoms with van der Waals surface area (Å²) in [5.74, 6) is 0. The van der Waals surface area contributed by atoms with Gasteiger partial charge in [0, 0.05) is 16.9 Å². The zero-order chi connectivity index (χ0) is 22.0. The summed E-state index contributed by atoms with van der Waals surface area (Å²) in [4.78, 5) is 16.6. The standard InChI is InChI=1S/C26H25N3O2/c1-3-19-8-12-23(13-9-19)28-18-26(31,22-7-5-6-21(16-22)17-27)29(25(28)30)24-14-10-20(4-2)11-15-24/h5-16,31H,3-4,18H2,1-2H3. The molecule has 1 atom stereocenters. The lowest BCUT2D eigenvalue weighted by atomic mass is 9.99. The lowest BCUT2D eigenvalue weighted by Gasteiger charge is -2.32. The van der Waals surface area contributed by atoms with Gasteiger partial charge in [-0.25, -0.2) is 4.79 Å². The van der Waals surface area contributed by atoms with E-state index in [0.717, 1.165) is 24.1 Å². The molecule has 1 saturated heterocycles. The van der Waals surface area contributed by atoms with Crippen molar-refractivity contribution < 1.29 is 9.90 Å². The van der Waals surface area contributed by atoms with E-state index in [4.69, 9.17) is 0 Å². The molecule has 0 radical (unpaired) electrons. The monoisotopic (exact) mass is 411 g/mol. The van der Waals surface area contributed by atoms with Crippen molar-refractivity contribution in [3.05, 3.63) is 95.1 Å². The molecule has 2 amide bonds. The molecule has 1 heterocycles. The maximum Gasteiger partial charge on any atom is 0.331 e. The average Bonchev–Trinajstić information content (AvgIpc) is 3.10. The Morgan fingerprint density at radius 3 is 2.06 bits per heavy atom. The summed E-state index contributed by atoms with van der Waals surface area (Å²) in [6, 6.07) is 24.1. The topological polar surface area (TPSA) is 67.6 Å². The fourth-order valence-electron chi connectivity index (χ4n) is 4.01. The summed E-state index contributed by atoms with van der Waals surface area (Å²) in [5, 5.41) is 21.2. The third-order valence-electron chi connectivity index (χ3n) is 5.88. The summed E-state index contributed by atoms with van der Waals surface area (Å²) in [5.41, 5.74) is 3.00. The number of hydrogen-bond acceptors (Lipinski definition) is 3. The molecular weight excluding hydrogens is 386 g/mol. The van der Waals surface area contributed by atoms with E-state index >= 15 is 0 Å². The molecule has 3 aromatic carbocycles. The largest absolute Gasteiger partial charge is 0.365 e. The highest BCUT2D eigenvalue weighted by Gasteiger charge is 2.51. The van der Waals surface area contributed by atoms with E-state index in [9.17, 15) is 15.2 Å². The fourth-order valence-corrected chi connectivity index (χ4v) is 4.01. The smallest absolute Gasteiger partial charge is 0.331 e. The normalized spacial score (nSPS) is 18.3. The highest BCUT2D eigenvalue weighted by molar-refractivity contribution is 6.07. The Bertz CT molecular complexity index is 1130. The minimum absolute atomic E-state index is 0.0573. The molecule has 1 fully saturated rings. The summed E-state index contributed by atoms with van der Waals surface area (Å²) >= 11 is 0. The summed E-state index contributed by atoms with van der Waals surface area (Å²) < 4.78 is 0. The van der Waals surface area contributed by atoms with Crippen molar-refractivity contribution in [1.29, 1.82) is 5.26 Å². The summed E-state index contributed by atoms with van der Waals surface area (Å²) in [7, 11) is 0. The van der Waals surface area contributed by atoms with E-state index in [1.165, 1.54) is 10.5 Å². The van der Waals surface area contributed by atoms with Gasteiger partial charge in [0.1, 0.15) is 0 Å². The van der Waals surface area contributed by atoms with Gasteiger partial charge < -0.3 is 5.11 Å². The number of aryl methyl sites for hydroxylation is 2. The van der Waals surface area contributed by atoms with Crippen LogP contribution in [0.1, 0.15) is 36.1 Å². The number of urea groups is 1. The van der Waals surface area contributed by atoms with Gasteiger partial charge in [0.15, 0.2) is 5.72 Å². The molecule has 5 nitrogen and oxygen atoms in total. The molecule has 0 saturated carbocycles. The minimum Gasteiger partial charge on any atom is -0.365 e. The highest BCUT2D eigenvalue weighted by Crippen LogP contribution is 2.40. The van der Waals surface area contributed by atoms with E-state index in [1.54, 1.807) is 29.2 Å². The molecule has 0 spiro atoms. The molecule has 0 aliphatic carbocycles. The maximum atomic E-state index is 13.6. The zero-order valence-corrected chi connectivity index (χ0v) is 17.7. The van der Waals surface area contributed by atoms with Gasteiger partial charge in [0.05, 0.1) is 18.2 Å². The molecule has 1 unspecified atom stereocenters. The Kier molecular flexibility index (Phi) is 5.50. The van der Waals surface area contributed by atoms with Gasteiger partial charge in [-0.15, -0.1) is 0 Å². The van der Waals surface area contributed by atoms with Crippen molar-refractivity contribution in [3.63, 3.8) is 0 Å². The Labute approximate surface area is 182 Å². The first kappa shape index (κ1) is 20.6. The molecule has 5 heteroatoms. The van der Waals surface area contributed by atoms with Crippen molar-refractivity contribution in [2.24, 2.45) is 0 Å². The van der Waals surface area contributed by atoms with E-state index in [-0.39, 0.29) is 12.6 Å². The van der Waals surface area contributed by atoms with Gasteiger partial charge in [-0.05, 0) is 60.4 Å². The predicted octanol–water partition coefficient (Wildman–Crippen LogP) is 4.97. The van der Waals surface area contributed by atoms with E-state index in [1.807, 2.05) is 48.5 Å². The van der Waals surface area contributed by atoms with Crippen molar-refractivity contribution in [3.8, 4) is 6.07 Å². The van der Waals surface area contributed by atoms with Gasteiger partial charge in [-0.2, -0.15) is 5.26 Å². The molecule has 3 aromatic rings. The van der Waals surface area contributed by atoms with Crippen LogP contribution in [0.5, 0.6) is 0 Å². The van der Waals surface area contributed by atoms with Crippen LogP contribution in [-0.2, 0) is 18.6 Å². The fraction of sp³-hybridized carbons (Fsp3) is 0.231. The van der Waals surface area contributed by atoms with Gasteiger partial charge in [-0.1, -0.05) is 50.2 Å². The van der Waals surface area contributed by atoms with Crippen molar-refractivity contribution in [2.45, 2.75) is 32.4 Å². The van der Waals surface area contributed by atoms with E-state index < -0.39 is 5.72 Å². The van der Waals surface area contributed by atoms with E-state index in [0.29, 0.717) is 16.8 Å². The van der Waals surface area contributed by atoms with Crippen LogP contribution in [0.3, 0.4) is 0 Å². The molecule has 31 heavy (non-hydrogen) atoms. The first-order valence-electron chi connectivity index (χ1n) is 10.5. The van der Waals surface area contributed by atoms with Gasteiger partial charge in [0.2, 0.25) is 0 Å². The number of carbonyl (C=O) groups excluding carboxylic acids is 1. The van der Waals surface area contributed by atoms with Gasteiger partial charge in [-0.3, -0.25) is 9.80 Å². The van der Waals surface area contributed by atoms with Crippen LogP contribution in [-0.4, -0.2) is 17.7 Å². The number of carbonyl (C=O) groups is 1.